The summed E-state index contributed by atoms with van der Waals surface area (Å²) in [5.74, 6) is -1.82. The van der Waals surface area contributed by atoms with Gasteiger partial charge >= 0.3 is 12.1 Å². The number of carbonyl (C=O) groups excluding carboxylic acids is 1. The molecule has 0 aromatic carbocycles. The van der Waals surface area contributed by atoms with Gasteiger partial charge in [0.1, 0.15) is 0 Å². The minimum absolute atomic E-state index is 0.145. The molecule has 1 N–H and O–H groups in total. The van der Waals surface area contributed by atoms with E-state index in [1.807, 2.05) is 11.6 Å². The maximum Gasteiger partial charge on any atom is 0.471 e. The van der Waals surface area contributed by atoms with E-state index in [1.165, 1.54) is 11.8 Å². The van der Waals surface area contributed by atoms with Crippen molar-refractivity contribution in [3.63, 3.8) is 0 Å². The van der Waals surface area contributed by atoms with Crippen molar-refractivity contribution in [3.8, 4) is 0 Å². The molecule has 1 fully saturated rings. The summed E-state index contributed by atoms with van der Waals surface area (Å²) >= 11 is 1.49. The lowest BCUT2D eigenvalue weighted by Gasteiger charge is -2.35. The van der Waals surface area contributed by atoms with Gasteiger partial charge in [-0.15, -0.1) is 0 Å². The van der Waals surface area contributed by atoms with E-state index in [2.05, 4.69) is 0 Å². The van der Waals surface area contributed by atoms with Gasteiger partial charge in [-0.3, -0.25) is 4.79 Å². The lowest BCUT2D eigenvalue weighted by Crippen LogP contribution is -2.52. The largest absolute Gasteiger partial charge is 0.471 e. The standard InChI is InChI=1S/C7H10F3NOS/c1-13-5-3-2-4(5)11-6(12)7(8,9)10/h4-5H,2-3H2,1H3,(H,11,12). The van der Waals surface area contributed by atoms with Gasteiger partial charge in [-0.25, -0.2) is 0 Å². The summed E-state index contributed by atoms with van der Waals surface area (Å²) in [5, 5.41) is 2.12. The summed E-state index contributed by atoms with van der Waals surface area (Å²) in [5.41, 5.74) is 0. The zero-order chi connectivity index (χ0) is 10.1. The van der Waals surface area contributed by atoms with Crippen LogP contribution in [0.15, 0.2) is 0 Å². The van der Waals surface area contributed by atoms with Crippen LogP contribution in [0.25, 0.3) is 0 Å². The summed E-state index contributed by atoms with van der Waals surface area (Å²) in [6.45, 7) is 0. The van der Waals surface area contributed by atoms with E-state index < -0.39 is 12.1 Å². The van der Waals surface area contributed by atoms with Gasteiger partial charge in [0.05, 0.1) is 0 Å². The average Bonchev–Trinajstić information content (AvgIpc) is 1.96. The third kappa shape index (κ3) is 2.52. The van der Waals surface area contributed by atoms with Crippen molar-refractivity contribution in [3.05, 3.63) is 0 Å². The van der Waals surface area contributed by atoms with Gasteiger partial charge in [0.25, 0.3) is 0 Å². The van der Waals surface area contributed by atoms with Crippen LogP contribution in [0.4, 0.5) is 13.2 Å². The SMILES string of the molecule is CSC1CCC1NC(=O)C(F)(F)F. The molecule has 0 aromatic heterocycles. The Bertz CT molecular complexity index is 204. The van der Waals surface area contributed by atoms with Gasteiger partial charge in [-0.1, -0.05) is 0 Å². The Hall–Kier alpha value is -0.390. The summed E-state index contributed by atoms with van der Waals surface area (Å²) in [6.07, 6.45) is -1.40. The number of amides is 1. The Kier molecular flexibility index (Phi) is 3.10. The van der Waals surface area contributed by atoms with E-state index in [4.69, 9.17) is 0 Å². The van der Waals surface area contributed by atoms with Crippen molar-refractivity contribution >= 4 is 17.7 Å². The number of halogens is 3. The topological polar surface area (TPSA) is 29.1 Å². The van der Waals surface area contributed by atoms with E-state index in [1.54, 1.807) is 0 Å². The zero-order valence-corrected chi connectivity index (χ0v) is 7.84. The molecule has 2 nitrogen and oxygen atoms in total. The fraction of sp³-hybridized carbons (Fsp3) is 0.857. The summed E-state index contributed by atoms with van der Waals surface area (Å²) < 4.78 is 35.3. The molecule has 6 heteroatoms. The van der Waals surface area contributed by atoms with Crippen LogP contribution < -0.4 is 5.32 Å². The van der Waals surface area contributed by atoms with Gasteiger partial charge in [-0.05, 0) is 19.1 Å². The Labute approximate surface area is 78.3 Å². The summed E-state index contributed by atoms with van der Waals surface area (Å²) in [7, 11) is 0. The molecule has 76 valence electrons. The Morgan fingerprint density at radius 3 is 2.38 bits per heavy atom. The first-order valence-electron chi connectivity index (χ1n) is 3.85. The quantitative estimate of drug-likeness (QED) is 0.754. The smallest absolute Gasteiger partial charge is 0.344 e. The highest BCUT2D eigenvalue weighted by Crippen LogP contribution is 2.30. The van der Waals surface area contributed by atoms with E-state index in [-0.39, 0.29) is 11.3 Å². The molecular weight excluding hydrogens is 203 g/mol. The molecule has 0 saturated heterocycles. The van der Waals surface area contributed by atoms with E-state index in [0.717, 1.165) is 6.42 Å². The van der Waals surface area contributed by atoms with E-state index in [9.17, 15) is 18.0 Å². The van der Waals surface area contributed by atoms with Crippen LogP contribution in [0.3, 0.4) is 0 Å². The van der Waals surface area contributed by atoms with Gasteiger partial charge in [0.2, 0.25) is 0 Å². The third-order valence-electron chi connectivity index (χ3n) is 2.09. The fourth-order valence-electron chi connectivity index (χ4n) is 1.17. The lowest BCUT2D eigenvalue weighted by atomic mass is 9.92. The first kappa shape index (κ1) is 10.7. The molecule has 2 unspecified atom stereocenters. The van der Waals surface area contributed by atoms with Crippen LogP contribution in [0.5, 0.6) is 0 Å². The molecular formula is C7H10F3NOS. The lowest BCUT2D eigenvalue weighted by molar-refractivity contribution is -0.174. The van der Waals surface area contributed by atoms with Gasteiger partial charge in [0.15, 0.2) is 0 Å². The number of nitrogens with one attached hydrogen (secondary N) is 1. The predicted molar refractivity (Wildman–Crippen MR) is 44.5 cm³/mol. The fourth-order valence-corrected chi connectivity index (χ4v) is 2.07. The Morgan fingerprint density at radius 1 is 1.46 bits per heavy atom. The van der Waals surface area contributed by atoms with Gasteiger partial charge < -0.3 is 5.32 Å². The van der Waals surface area contributed by atoms with Gasteiger partial charge in [-0.2, -0.15) is 24.9 Å². The second kappa shape index (κ2) is 3.77. The highest BCUT2D eigenvalue weighted by molar-refractivity contribution is 7.99. The van der Waals surface area contributed by atoms with E-state index >= 15 is 0 Å². The van der Waals surface area contributed by atoms with Crippen LogP contribution in [0.1, 0.15) is 12.8 Å². The summed E-state index contributed by atoms with van der Waals surface area (Å²) in [6, 6.07) is -0.302. The molecule has 13 heavy (non-hydrogen) atoms. The zero-order valence-electron chi connectivity index (χ0n) is 7.02. The van der Waals surface area contributed by atoms with Crippen molar-refractivity contribution in [1.82, 2.24) is 5.32 Å². The highest BCUT2D eigenvalue weighted by Gasteiger charge is 2.42. The highest BCUT2D eigenvalue weighted by atomic mass is 32.2. The number of rotatable bonds is 2. The van der Waals surface area contributed by atoms with Crippen molar-refractivity contribution in [2.45, 2.75) is 30.3 Å². The first-order chi connectivity index (χ1) is 5.95. The minimum atomic E-state index is -4.75. The molecule has 1 saturated carbocycles. The minimum Gasteiger partial charge on any atom is -0.344 e. The number of thioether (sulfide) groups is 1. The molecule has 0 spiro atoms. The summed E-state index contributed by atoms with van der Waals surface area (Å²) in [4.78, 5) is 10.5. The monoisotopic (exact) mass is 213 g/mol. The second-order valence-corrected chi connectivity index (χ2v) is 4.01. The molecule has 1 aliphatic carbocycles. The number of hydrogen-bond acceptors (Lipinski definition) is 2. The maximum absolute atomic E-state index is 11.8. The molecule has 1 aliphatic rings. The third-order valence-corrected chi connectivity index (χ3v) is 3.26. The number of alkyl halides is 3. The first-order valence-corrected chi connectivity index (χ1v) is 5.14. The van der Waals surface area contributed by atoms with Crippen molar-refractivity contribution < 1.29 is 18.0 Å². The van der Waals surface area contributed by atoms with Crippen LogP contribution in [0, 0.1) is 0 Å². The van der Waals surface area contributed by atoms with Crippen molar-refractivity contribution in [2.24, 2.45) is 0 Å². The second-order valence-electron chi connectivity index (χ2n) is 2.93. The normalized spacial score (nSPS) is 28.0. The van der Waals surface area contributed by atoms with Gasteiger partial charge in [0, 0.05) is 11.3 Å². The average molecular weight is 213 g/mol. The molecule has 0 bridgehead atoms. The predicted octanol–water partition coefficient (Wildman–Crippen LogP) is 1.56. The Balaban J connectivity index is 2.37. The Morgan fingerprint density at radius 2 is 2.08 bits per heavy atom. The molecule has 0 radical (unpaired) electrons. The molecule has 1 rings (SSSR count). The van der Waals surface area contributed by atoms with Crippen molar-refractivity contribution in [2.75, 3.05) is 6.26 Å². The van der Waals surface area contributed by atoms with Crippen molar-refractivity contribution in [1.29, 1.82) is 0 Å². The van der Waals surface area contributed by atoms with Crippen LogP contribution in [-0.2, 0) is 4.79 Å². The molecule has 2 atom stereocenters. The maximum atomic E-state index is 11.8. The van der Waals surface area contributed by atoms with Crippen LogP contribution in [0.2, 0.25) is 0 Å². The molecule has 0 aromatic rings. The molecule has 1 amide bonds. The molecule has 0 heterocycles. The number of carbonyl (C=O) groups is 1. The van der Waals surface area contributed by atoms with E-state index in [0.29, 0.717) is 6.42 Å². The van der Waals surface area contributed by atoms with Crippen LogP contribution >= 0.6 is 11.8 Å². The molecule has 0 aliphatic heterocycles. The number of hydrogen-bond donors (Lipinski definition) is 1. The van der Waals surface area contributed by atoms with Crippen LogP contribution in [-0.4, -0.2) is 29.6 Å².